The number of anilines is 1. The Morgan fingerprint density at radius 2 is 1.78 bits per heavy atom. The lowest BCUT2D eigenvalue weighted by atomic mass is 10.2. The third-order valence-electron chi connectivity index (χ3n) is 5.39. The summed E-state index contributed by atoms with van der Waals surface area (Å²) in [4.78, 5) is 40.8. The Hall–Kier alpha value is -3.56. The Morgan fingerprint density at radius 3 is 2.44 bits per heavy atom. The van der Waals surface area contributed by atoms with Crippen molar-refractivity contribution >= 4 is 23.6 Å². The fourth-order valence-electron chi connectivity index (χ4n) is 3.53. The molecule has 3 rings (SSSR count). The maximum Gasteiger partial charge on any atom is 0.409 e. The van der Waals surface area contributed by atoms with Gasteiger partial charge in [0.2, 0.25) is 5.91 Å². The van der Waals surface area contributed by atoms with Gasteiger partial charge in [-0.15, -0.1) is 0 Å². The van der Waals surface area contributed by atoms with Crippen LogP contribution >= 0.6 is 0 Å². The number of hydrogen-bond donors (Lipinski definition) is 1. The molecule has 2 heterocycles. The number of para-hydroxylation sites is 1. The fourth-order valence-corrected chi connectivity index (χ4v) is 3.53. The highest BCUT2D eigenvalue weighted by molar-refractivity contribution is 6.06. The smallest absolute Gasteiger partial charge is 0.409 e. The number of aryl methyl sites for hydroxylation is 1. The van der Waals surface area contributed by atoms with E-state index in [1.807, 2.05) is 0 Å². The number of methoxy groups -OCH3 is 1. The molecule has 1 atom stereocenters. The predicted molar refractivity (Wildman–Crippen MR) is 118 cm³/mol. The van der Waals surface area contributed by atoms with Crippen LogP contribution in [0.4, 0.5) is 10.5 Å². The molecule has 1 saturated heterocycles. The fraction of sp³-hybridized carbons (Fsp3) is 0.455. The molecule has 10 nitrogen and oxygen atoms in total. The number of rotatable bonds is 6. The summed E-state index contributed by atoms with van der Waals surface area (Å²) in [7, 11) is 1.51. The summed E-state index contributed by atoms with van der Waals surface area (Å²) >= 11 is 0. The molecule has 1 unspecified atom stereocenters. The van der Waals surface area contributed by atoms with Gasteiger partial charge in [0.25, 0.3) is 5.91 Å². The van der Waals surface area contributed by atoms with Crippen molar-refractivity contribution in [1.29, 1.82) is 0 Å². The van der Waals surface area contributed by atoms with Crippen LogP contribution in [-0.4, -0.2) is 77.4 Å². The average molecular weight is 444 g/mol. The van der Waals surface area contributed by atoms with Crippen LogP contribution in [0.25, 0.3) is 0 Å². The van der Waals surface area contributed by atoms with Crippen molar-refractivity contribution < 1.29 is 23.9 Å². The van der Waals surface area contributed by atoms with Gasteiger partial charge in [-0.25, -0.2) is 4.79 Å². The molecule has 2 aromatic rings. The number of ether oxygens (including phenoxy) is 2. The molecule has 1 aliphatic heterocycles. The van der Waals surface area contributed by atoms with E-state index in [2.05, 4.69) is 10.4 Å². The standard InChI is InChI=1S/C22H29N5O5/c1-5-32-22(30)26-12-10-25(11-13-26)21(29)16(3)27-14-18(15(2)24-27)23-20(28)17-8-6-7-9-19(17)31-4/h6-9,14,16H,5,10-13H2,1-4H3,(H,23,28). The topological polar surface area (TPSA) is 106 Å². The second-order valence-corrected chi connectivity index (χ2v) is 7.45. The van der Waals surface area contributed by atoms with Crippen LogP contribution in [0.3, 0.4) is 0 Å². The zero-order valence-electron chi connectivity index (χ0n) is 18.8. The van der Waals surface area contributed by atoms with Crippen molar-refractivity contribution in [1.82, 2.24) is 19.6 Å². The number of amides is 3. The van der Waals surface area contributed by atoms with E-state index in [1.165, 1.54) is 7.11 Å². The molecule has 10 heteroatoms. The molecule has 0 spiro atoms. The molecule has 1 fully saturated rings. The van der Waals surface area contributed by atoms with Crippen LogP contribution in [0, 0.1) is 6.92 Å². The van der Waals surface area contributed by atoms with E-state index in [1.54, 1.807) is 65.7 Å². The molecule has 3 amide bonds. The lowest BCUT2D eigenvalue weighted by Crippen LogP contribution is -2.52. The van der Waals surface area contributed by atoms with Gasteiger partial charge in [-0.2, -0.15) is 5.10 Å². The molecule has 32 heavy (non-hydrogen) atoms. The molecule has 0 saturated carbocycles. The maximum atomic E-state index is 13.0. The van der Waals surface area contributed by atoms with E-state index >= 15 is 0 Å². The molecule has 0 aliphatic carbocycles. The predicted octanol–water partition coefficient (Wildman–Crippen LogP) is 2.31. The number of piperazine rings is 1. The van der Waals surface area contributed by atoms with Gasteiger partial charge in [0.15, 0.2) is 0 Å². The highest BCUT2D eigenvalue weighted by atomic mass is 16.6. The molecule has 172 valence electrons. The molecule has 1 aromatic heterocycles. The van der Waals surface area contributed by atoms with E-state index in [0.29, 0.717) is 55.5 Å². The van der Waals surface area contributed by atoms with Crippen molar-refractivity contribution in [3.63, 3.8) is 0 Å². The van der Waals surface area contributed by atoms with Crippen LogP contribution in [0.2, 0.25) is 0 Å². The average Bonchev–Trinajstić information content (AvgIpc) is 3.18. The van der Waals surface area contributed by atoms with E-state index in [9.17, 15) is 14.4 Å². The Bertz CT molecular complexity index is 981. The Labute approximate surface area is 187 Å². The first-order valence-corrected chi connectivity index (χ1v) is 10.6. The first kappa shape index (κ1) is 23.1. The third-order valence-corrected chi connectivity index (χ3v) is 5.39. The maximum absolute atomic E-state index is 13.0. The van der Waals surface area contributed by atoms with Crippen LogP contribution in [0.1, 0.15) is 35.9 Å². The van der Waals surface area contributed by atoms with Crippen molar-refractivity contribution in [2.45, 2.75) is 26.8 Å². The zero-order chi connectivity index (χ0) is 23.3. The molecule has 1 aromatic carbocycles. The van der Waals surface area contributed by atoms with Crippen molar-refractivity contribution in [3.05, 3.63) is 41.7 Å². The lowest BCUT2D eigenvalue weighted by molar-refractivity contribution is -0.136. The van der Waals surface area contributed by atoms with Gasteiger partial charge in [-0.3, -0.25) is 14.3 Å². The summed E-state index contributed by atoms with van der Waals surface area (Å²) in [6.45, 7) is 7.33. The zero-order valence-corrected chi connectivity index (χ0v) is 18.8. The quantitative estimate of drug-likeness (QED) is 0.734. The van der Waals surface area contributed by atoms with Crippen LogP contribution < -0.4 is 10.1 Å². The first-order chi connectivity index (χ1) is 15.3. The van der Waals surface area contributed by atoms with E-state index in [-0.39, 0.29) is 17.9 Å². The monoisotopic (exact) mass is 443 g/mol. The van der Waals surface area contributed by atoms with Crippen molar-refractivity contribution in [3.8, 4) is 5.75 Å². The molecular formula is C22H29N5O5. The molecule has 1 aliphatic rings. The van der Waals surface area contributed by atoms with E-state index in [4.69, 9.17) is 9.47 Å². The number of benzene rings is 1. The Balaban J connectivity index is 1.64. The summed E-state index contributed by atoms with van der Waals surface area (Å²) in [5.74, 6) is 0.0540. The largest absolute Gasteiger partial charge is 0.496 e. The minimum Gasteiger partial charge on any atom is -0.496 e. The minimum atomic E-state index is -0.556. The summed E-state index contributed by atoms with van der Waals surface area (Å²) in [6.07, 6.45) is 1.30. The highest BCUT2D eigenvalue weighted by Crippen LogP contribution is 2.22. The van der Waals surface area contributed by atoms with Gasteiger partial charge >= 0.3 is 6.09 Å². The number of carbonyl (C=O) groups excluding carboxylic acids is 3. The number of nitrogens with one attached hydrogen (secondary N) is 1. The second-order valence-electron chi connectivity index (χ2n) is 7.45. The Kier molecular flexibility index (Phi) is 7.34. The number of hydrogen-bond acceptors (Lipinski definition) is 6. The SMILES string of the molecule is CCOC(=O)N1CCN(C(=O)C(C)n2cc(NC(=O)c3ccccc3OC)c(C)n2)CC1. The molecule has 0 radical (unpaired) electrons. The molecule has 1 N–H and O–H groups in total. The molecular weight excluding hydrogens is 414 g/mol. The van der Waals surface area contributed by atoms with Gasteiger partial charge in [-0.05, 0) is 32.9 Å². The van der Waals surface area contributed by atoms with Crippen molar-refractivity contribution in [2.75, 3.05) is 45.2 Å². The van der Waals surface area contributed by atoms with Gasteiger partial charge < -0.3 is 24.6 Å². The summed E-state index contributed by atoms with van der Waals surface area (Å²) in [6, 6.07) is 6.39. The number of carbonyl (C=O) groups is 3. The van der Waals surface area contributed by atoms with E-state index < -0.39 is 6.04 Å². The second kappa shape index (κ2) is 10.2. The highest BCUT2D eigenvalue weighted by Gasteiger charge is 2.29. The normalized spacial score (nSPS) is 14.6. The lowest BCUT2D eigenvalue weighted by Gasteiger charge is -2.35. The van der Waals surface area contributed by atoms with E-state index in [0.717, 1.165) is 0 Å². The van der Waals surface area contributed by atoms with Crippen LogP contribution in [0.5, 0.6) is 5.75 Å². The van der Waals surface area contributed by atoms with Gasteiger partial charge in [0, 0.05) is 32.4 Å². The summed E-state index contributed by atoms with van der Waals surface area (Å²) in [5.41, 5.74) is 1.53. The number of nitrogens with zero attached hydrogens (tertiary/aromatic N) is 4. The van der Waals surface area contributed by atoms with Crippen molar-refractivity contribution in [2.24, 2.45) is 0 Å². The summed E-state index contributed by atoms with van der Waals surface area (Å²) < 4.78 is 11.8. The Morgan fingerprint density at radius 1 is 1.12 bits per heavy atom. The van der Waals surface area contributed by atoms with Gasteiger partial charge in [0.1, 0.15) is 11.8 Å². The third kappa shape index (κ3) is 5.01. The number of aromatic nitrogens is 2. The van der Waals surface area contributed by atoms with Crippen LogP contribution in [0.15, 0.2) is 30.5 Å². The van der Waals surface area contributed by atoms with Crippen LogP contribution in [-0.2, 0) is 9.53 Å². The summed E-state index contributed by atoms with van der Waals surface area (Å²) in [5, 5.41) is 7.26. The first-order valence-electron chi connectivity index (χ1n) is 10.6. The van der Waals surface area contributed by atoms with Gasteiger partial charge in [0.05, 0.1) is 30.7 Å². The van der Waals surface area contributed by atoms with Gasteiger partial charge in [-0.1, -0.05) is 12.1 Å². The molecule has 0 bridgehead atoms. The minimum absolute atomic E-state index is 0.0985.